The summed E-state index contributed by atoms with van der Waals surface area (Å²) in [5.41, 5.74) is 11.3. The highest BCUT2D eigenvalue weighted by Crippen LogP contribution is 2.42. The van der Waals surface area contributed by atoms with Gasteiger partial charge in [-0.05, 0) is 71.7 Å². The van der Waals surface area contributed by atoms with Gasteiger partial charge in [-0.2, -0.15) is 0 Å². The molecule has 0 nitrogen and oxygen atoms in total. The monoisotopic (exact) mass is 275 g/mol. The van der Waals surface area contributed by atoms with E-state index in [0.717, 1.165) is 6.42 Å². The molecule has 3 rings (SSSR count). The molecule has 0 saturated carbocycles. The third-order valence-corrected chi connectivity index (χ3v) is 4.67. The molecule has 0 aromatic heterocycles. The van der Waals surface area contributed by atoms with Crippen LogP contribution in [0.4, 0.5) is 0 Å². The largest absolute Gasteiger partial charge is 0.0651 e. The molecule has 2 aromatic carbocycles. The lowest BCUT2D eigenvalue weighted by atomic mass is 9.93. The molecular weight excluding hydrogens is 252 g/mol. The maximum absolute atomic E-state index is 2.37. The Morgan fingerprint density at radius 1 is 0.905 bits per heavy atom. The normalized spacial score (nSPS) is 13.7. The Bertz CT molecular complexity index is 717. The Morgan fingerprint density at radius 3 is 2.43 bits per heavy atom. The van der Waals surface area contributed by atoms with Crippen molar-refractivity contribution >= 4 is 11.1 Å². The zero-order valence-electron chi connectivity index (χ0n) is 13.5. The summed E-state index contributed by atoms with van der Waals surface area (Å²) < 4.78 is 0. The van der Waals surface area contributed by atoms with Crippen molar-refractivity contribution in [3.05, 3.63) is 76.2 Å². The minimum atomic E-state index is 1.15. The number of aryl methyl sites for hydroxylation is 2. The fraction of sp³-hybridized carbons (Fsp3) is 0.286. The predicted octanol–water partition coefficient (Wildman–Crippen LogP) is 5.75. The first-order chi connectivity index (χ1) is 10.1. The summed E-state index contributed by atoms with van der Waals surface area (Å²) in [6.45, 7) is 8.96. The SMILES string of the molecule is CCCc1ccccc1C1=C(C)c2c(ccc(C)c2C)[CH]1. The highest BCUT2D eigenvalue weighted by Gasteiger charge is 2.23. The average Bonchev–Trinajstić information content (AvgIpc) is 2.82. The van der Waals surface area contributed by atoms with E-state index >= 15 is 0 Å². The Morgan fingerprint density at radius 2 is 1.67 bits per heavy atom. The fourth-order valence-corrected chi connectivity index (χ4v) is 3.40. The highest BCUT2D eigenvalue weighted by molar-refractivity contribution is 6.02. The molecule has 0 atom stereocenters. The fourth-order valence-electron chi connectivity index (χ4n) is 3.40. The van der Waals surface area contributed by atoms with Gasteiger partial charge in [-0.15, -0.1) is 0 Å². The summed E-state index contributed by atoms with van der Waals surface area (Å²) in [7, 11) is 0. The molecule has 1 aliphatic rings. The van der Waals surface area contributed by atoms with Crippen LogP contribution in [0.1, 0.15) is 53.6 Å². The molecule has 1 radical (unpaired) electrons. The van der Waals surface area contributed by atoms with Gasteiger partial charge in [0.25, 0.3) is 0 Å². The van der Waals surface area contributed by atoms with Gasteiger partial charge >= 0.3 is 0 Å². The quantitative estimate of drug-likeness (QED) is 0.668. The Hall–Kier alpha value is -1.82. The Balaban J connectivity index is 2.14. The molecule has 0 amide bonds. The summed E-state index contributed by atoms with van der Waals surface area (Å²) in [4.78, 5) is 0. The average molecular weight is 275 g/mol. The maximum atomic E-state index is 2.37. The predicted molar refractivity (Wildman–Crippen MR) is 92.2 cm³/mol. The molecule has 0 heteroatoms. The second kappa shape index (κ2) is 5.52. The summed E-state index contributed by atoms with van der Waals surface area (Å²) in [5.74, 6) is 0. The molecule has 0 spiro atoms. The van der Waals surface area contributed by atoms with E-state index in [1.54, 1.807) is 0 Å². The number of fused-ring (bicyclic) bond motifs is 1. The number of hydrogen-bond donors (Lipinski definition) is 0. The summed E-state index contributed by atoms with van der Waals surface area (Å²) >= 11 is 0. The van der Waals surface area contributed by atoms with Crippen molar-refractivity contribution in [2.75, 3.05) is 0 Å². The van der Waals surface area contributed by atoms with Crippen molar-refractivity contribution in [3.63, 3.8) is 0 Å². The minimum absolute atomic E-state index is 1.15. The van der Waals surface area contributed by atoms with Crippen LogP contribution in [-0.4, -0.2) is 0 Å². The van der Waals surface area contributed by atoms with Crippen molar-refractivity contribution in [3.8, 4) is 0 Å². The standard InChI is InChI=1S/C21H23/c1-5-8-17-9-6-7-10-19(17)20-13-18-12-11-14(2)15(3)21(18)16(20)4/h6-7,9-13H,5,8H2,1-4H3. The first-order valence-corrected chi connectivity index (χ1v) is 7.88. The molecule has 0 unspecified atom stereocenters. The third kappa shape index (κ3) is 2.33. The number of benzene rings is 2. The van der Waals surface area contributed by atoms with Crippen LogP contribution in [0.15, 0.2) is 36.4 Å². The van der Waals surface area contributed by atoms with Crippen molar-refractivity contribution in [1.82, 2.24) is 0 Å². The number of allylic oxidation sites excluding steroid dienone is 2. The van der Waals surface area contributed by atoms with Crippen LogP contribution in [0.5, 0.6) is 0 Å². The molecule has 0 N–H and O–H groups in total. The van der Waals surface area contributed by atoms with Gasteiger partial charge in [0, 0.05) is 6.42 Å². The molecule has 0 aliphatic heterocycles. The second-order valence-corrected chi connectivity index (χ2v) is 6.06. The maximum Gasteiger partial charge on any atom is 0.0214 e. The van der Waals surface area contributed by atoms with Gasteiger partial charge in [-0.3, -0.25) is 0 Å². The van der Waals surface area contributed by atoms with E-state index in [9.17, 15) is 0 Å². The molecule has 0 saturated heterocycles. The highest BCUT2D eigenvalue weighted by atomic mass is 14.3. The van der Waals surface area contributed by atoms with E-state index in [0.29, 0.717) is 0 Å². The van der Waals surface area contributed by atoms with Crippen LogP contribution in [-0.2, 0) is 6.42 Å². The minimum Gasteiger partial charge on any atom is -0.0651 e. The van der Waals surface area contributed by atoms with Gasteiger partial charge in [0.05, 0.1) is 0 Å². The van der Waals surface area contributed by atoms with Crippen molar-refractivity contribution in [2.24, 2.45) is 0 Å². The van der Waals surface area contributed by atoms with Crippen LogP contribution in [0.25, 0.3) is 11.1 Å². The van der Waals surface area contributed by atoms with Gasteiger partial charge in [0.1, 0.15) is 0 Å². The summed E-state index contributed by atoms with van der Waals surface area (Å²) in [6.07, 6.45) is 4.70. The molecule has 107 valence electrons. The molecule has 0 fully saturated rings. The van der Waals surface area contributed by atoms with Crippen LogP contribution in [0, 0.1) is 20.3 Å². The van der Waals surface area contributed by atoms with Crippen molar-refractivity contribution in [2.45, 2.75) is 40.5 Å². The molecule has 21 heavy (non-hydrogen) atoms. The van der Waals surface area contributed by atoms with Crippen LogP contribution < -0.4 is 0 Å². The Kier molecular flexibility index (Phi) is 3.71. The van der Waals surface area contributed by atoms with Gasteiger partial charge in [0.15, 0.2) is 0 Å². The van der Waals surface area contributed by atoms with Crippen molar-refractivity contribution < 1.29 is 0 Å². The smallest absolute Gasteiger partial charge is 0.0214 e. The molecule has 0 heterocycles. The Labute approximate surface area is 128 Å². The number of hydrogen-bond acceptors (Lipinski definition) is 0. The van der Waals surface area contributed by atoms with E-state index in [-0.39, 0.29) is 0 Å². The lowest BCUT2D eigenvalue weighted by Crippen LogP contribution is -1.93. The molecule has 0 bridgehead atoms. The van der Waals surface area contributed by atoms with Crippen LogP contribution in [0.3, 0.4) is 0 Å². The van der Waals surface area contributed by atoms with E-state index < -0.39 is 0 Å². The molecule has 1 aliphatic carbocycles. The zero-order valence-corrected chi connectivity index (χ0v) is 13.5. The van der Waals surface area contributed by atoms with Crippen LogP contribution >= 0.6 is 0 Å². The van der Waals surface area contributed by atoms with Gasteiger partial charge in [-0.1, -0.05) is 49.7 Å². The van der Waals surface area contributed by atoms with Crippen LogP contribution in [0.2, 0.25) is 0 Å². The van der Waals surface area contributed by atoms with E-state index in [1.807, 2.05) is 0 Å². The molecular formula is C21H23. The molecule has 2 aromatic rings. The topological polar surface area (TPSA) is 0 Å². The lowest BCUT2D eigenvalue weighted by Gasteiger charge is -2.11. The third-order valence-electron chi connectivity index (χ3n) is 4.67. The van der Waals surface area contributed by atoms with Gasteiger partial charge in [0.2, 0.25) is 0 Å². The number of rotatable bonds is 3. The zero-order chi connectivity index (χ0) is 15.0. The van der Waals surface area contributed by atoms with E-state index in [4.69, 9.17) is 0 Å². The van der Waals surface area contributed by atoms with Gasteiger partial charge < -0.3 is 0 Å². The second-order valence-electron chi connectivity index (χ2n) is 6.06. The first-order valence-electron chi connectivity index (χ1n) is 7.88. The lowest BCUT2D eigenvalue weighted by molar-refractivity contribution is 0.918. The van der Waals surface area contributed by atoms with E-state index in [2.05, 4.69) is 70.5 Å². The van der Waals surface area contributed by atoms with E-state index in [1.165, 1.54) is 50.9 Å². The van der Waals surface area contributed by atoms with Crippen molar-refractivity contribution in [1.29, 1.82) is 0 Å². The summed E-state index contributed by atoms with van der Waals surface area (Å²) in [5, 5.41) is 0. The van der Waals surface area contributed by atoms with Gasteiger partial charge in [-0.25, -0.2) is 0 Å². The summed E-state index contributed by atoms with van der Waals surface area (Å²) in [6, 6.07) is 13.4. The first kappa shape index (κ1) is 14.1.